The third-order valence-corrected chi connectivity index (χ3v) is 7.29. The predicted octanol–water partition coefficient (Wildman–Crippen LogP) is 3.87. The van der Waals surface area contributed by atoms with E-state index in [0.717, 1.165) is 27.2 Å². The van der Waals surface area contributed by atoms with E-state index in [4.69, 9.17) is 21.1 Å². The number of nitrogens with zero attached hydrogens (tertiary/aromatic N) is 4. The number of anilines is 1. The number of halogens is 1. The maximum atomic E-state index is 12.7. The highest BCUT2D eigenvalue weighted by Gasteiger charge is 2.33. The quantitative estimate of drug-likeness (QED) is 0.483. The van der Waals surface area contributed by atoms with E-state index in [0.29, 0.717) is 42.7 Å². The number of aryl methyl sites for hydroxylation is 1. The van der Waals surface area contributed by atoms with E-state index in [2.05, 4.69) is 19.8 Å². The normalized spacial score (nSPS) is 15.5. The molecule has 1 aliphatic heterocycles. The Bertz CT molecular complexity index is 1180. The molecule has 3 aromatic rings. The van der Waals surface area contributed by atoms with Crippen LogP contribution in [0.25, 0.3) is 10.2 Å². The van der Waals surface area contributed by atoms with Crippen LogP contribution < -0.4 is 4.90 Å². The number of benzene rings is 1. The Balaban J connectivity index is 1.59. The van der Waals surface area contributed by atoms with Crippen LogP contribution in [0.4, 0.5) is 5.82 Å². The average Bonchev–Trinajstić information content (AvgIpc) is 3.18. The summed E-state index contributed by atoms with van der Waals surface area (Å²) in [6.45, 7) is 6.53. The molecule has 0 radical (unpaired) electrons. The summed E-state index contributed by atoms with van der Waals surface area (Å²) in [5.41, 5.74) is 1.56. The molecule has 10 heteroatoms. The molecule has 2 aromatic heterocycles. The van der Waals surface area contributed by atoms with Crippen LogP contribution in [0.1, 0.15) is 33.8 Å². The molecule has 0 aliphatic carbocycles. The highest BCUT2D eigenvalue weighted by atomic mass is 35.5. The van der Waals surface area contributed by atoms with Gasteiger partial charge in [0.15, 0.2) is 0 Å². The van der Waals surface area contributed by atoms with E-state index < -0.39 is 6.04 Å². The molecular formula is C23H25ClN4O4S. The molecule has 0 N–H and O–H groups in total. The lowest BCUT2D eigenvalue weighted by molar-refractivity contribution is -0.147. The van der Waals surface area contributed by atoms with Crippen molar-refractivity contribution in [3.8, 4) is 0 Å². The summed E-state index contributed by atoms with van der Waals surface area (Å²) in [7, 11) is 1.39. The number of aromatic nitrogens is 2. The monoisotopic (exact) mass is 488 g/mol. The average molecular weight is 489 g/mol. The van der Waals surface area contributed by atoms with Gasteiger partial charge in [0.1, 0.15) is 27.9 Å². The number of methoxy groups -OCH3 is 1. The van der Waals surface area contributed by atoms with Crippen LogP contribution in [-0.2, 0) is 14.3 Å². The van der Waals surface area contributed by atoms with Crippen molar-refractivity contribution in [2.75, 3.05) is 44.8 Å². The predicted molar refractivity (Wildman–Crippen MR) is 128 cm³/mol. The van der Waals surface area contributed by atoms with Crippen LogP contribution in [0.5, 0.6) is 0 Å². The second-order valence-electron chi connectivity index (χ2n) is 7.62. The number of ether oxygens (including phenoxy) is 2. The van der Waals surface area contributed by atoms with Crippen molar-refractivity contribution in [2.24, 2.45) is 0 Å². The standard InChI is InChI=1S/C23H25ClN4O4S/c1-4-32-23(30)19-14(2)17-20(25-13-26-21(17)33-19)28-11-9-27(10-12-28)18(22(29)31-3)15-7-5-6-8-16(15)24/h5-8,13,18H,4,9-12H2,1-3H3. The molecule has 1 aromatic carbocycles. The molecule has 0 amide bonds. The van der Waals surface area contributed by atoms with Crippen molar-refractivity contribution in [1.82, 2.24) is 14.9 Å². The van der Waals surface area contributed by atoms with Gasteiger partial charge in [0, 0.05) is 31.2 Å². The molecular weight excluding hydrogens is 464 g/mol. The van der Waals surface area contributed by atoms with E-state index in [1.165, 1.54) is 24.8 Å². The fraction of sp³-hybridized carbons (Fsp3) is 0.391. The number of carbonyl (C=O) groups excluding carboxylic acids is 2. The Morgan fingerprint density at radius 1 is 1.18 bits per heavy atom. The molecule has 4 rings (SSSR count). The van der Waals surface area contributed by atoms with E-state index >= 15 is 0 Å². The number of fused-ring (bicyclic) bond motifs is 1. The minimum atomic E-state index is -0.574. The van der Waals surface area contributed by atoms with Gasteiger partial charge >= 0.3 is 11.9 Å². The highest BCUT2D eigenvalue weighted by molar-refractivity contribution is 7.20. The summed E-state index contributed by atoms with van der Waals surface area (Å²) >= 11 is 7.72. The minimum Gasteiger partial charge on any atom is -0.468 e. The molecule has 0 spiro atoms. The maximum Gasteiger partial charge on any atom is 0.348 e. The third-order valence-electron chi connectivity index (χ3n) is 5.77. The molecule has 1 fully saturated rings. The SMILES string of the molecule is CCOC(=O)c1sc2ncnc(N3CCN(C(C(=O)OC)c4ccccc4Cl)CC3)c2c1C. The van der Waals surface area contributed by atoms with E-state index in [1.54, 1.807) is 13.0 Å². The van der Waals surface area contributed by atoms with E-state index in [9.17, 15) is 9.59 Å². The van der Waals surface area contributed by atoms with Crippen LogP contribution in [0.3, 0.4) is 0 Å². The Labute approximate surface area is 201 Å². The molecule has 3 heterocycles. The number of piperazine rings is 1. The highest BCUT2D eigenvalue weighted by Crippen LogP contribution is 2.36. The second-order valence-corrected chi connectivity index (χ2v) is 9.03. The van der Waals surface area contributed by atoms with Gasteiger partial charge in [-0.3, -0.25) is 4.90 Å². The summed E-state index contributed by atoms with van der Waals surface area (Å²) in [6, 6.07) is 6.77. The molecule has 1 atom stereocenters. The van der Waals surface area contributed by atoms with Gasteiger partial charge in [-0.25, -0.2) is 19.6 Å². The van der Waals surface area contributed by atoms with Gasteiger partial charge in [-0.15, -0.1) is 11.3 Å². The summed E-state index contributed by atoms with van der Waals surface area (Å²) in [5.74, 6) is 0.111. The fourth-order valence-electron chi connectivity index (χ4n) is 4.16. The molecule has 1 aliphatic rings. The topological polar surface area (TPSA) is 84.9 Å². The van der Waals surface area contributed by atoms with Gasteiger partial charge < -0.3 is 14.4 Å². The molecule has 8 nitrogen and oxygen atoms in total. The molecule has 174 valence electrons. The maximum absolute atomic E-state index is 12.7. The molecule has 33 heavy (non-hydrogen) atoms. The van der Waals surface area contributed by atoms with Crippen LogP contribution in [0.2, 0.25) is 5.02 Å². The van der Waals surface area contributed by atoms with Crippen LogP contribution >= 0.6 is 22.9 Å². The third kappa shape index (κ3) is 4.53. The minimum absolute atomic E-state index is 0.319. The largest absolute Gasteiger partial charge is 0.468 e. The van der Waals surface area contributed by atoms with Crippen molar-refractivity contribution in [2.45, 2.75) is 19.9 Å². The van der Waals surface area contributed by atoms with Gasteiger partial charge in [0.2, 0.25) is 0 Å². The molecule has 1 saturated heterocycles. The molecule has 0 bridgehead atoms. The Hall–Kier alpha value is -2.75. The number of esters is 2. The first-order chi connectivity index (χ1) is 16.0. The van der Waals surface area contributed by atoms with Crippen LogP contribution in [0.15, 0.2) is 30.6 Å². The van der Waals surface area contributed by atoms with E-state index in [-0.39, 0.29) is 11.9 Å². The van der Waals surface area contributed by atoms with Gasteiger partial charge in [-0.1, -0.05) is 29.8 Å². The van der Waals surface area contributed by atoms with Gasteiger partial charge in [-0.05, 0) is 31.0 Å². The fourth-order valence-corrected chi connectivity index (χ4v) is 5.43. The van der Waals surface area contributed by atoms with Crippen molar-refractivity contribution >= 4 is 50.9 Å². The Kier molecular flexibility index (Phi) is 7.11. The summed E-state index contributed by atoms with van der Waals surface area (Å²) in [5, 5.41) is 1.41. The molecule has 1 unspecified atom stereocenters. The number of rotatable bonds is 6. The zero-order valence-electron chi connectivity index (χ0n) is 18.7. The first kappa shape index (κ1) is 23.4. The summed E-state index contributed by atoms with van der Waals surface area (Å²) < 4.78 is 10.3. The number of hydrogen-bond donors (Lipinski definition) is 0. The first-order valence-electron chi connectivity index (χ1n) is 10.7. The van der Waals surface area contributed by atoms with Crippen molar-refractivity contribution < 1.29 is 19.1 Å². The van der Waals surface area contributed by atoms with Crippen molar-refractivity contribution in [3.63, 3.8) is 0 Å². The smallest absolute Gasteiger partial charge is 0.348 e. The van der Waals surface area contributed by atoms with E-state index in [1.807, 2.05) is 25.1 Å². The number of carbonyl (C=O) groups is 2. The van der Waals surface area contributed by atoms with Crippen molar-refractivity contribution in [1.29, 1.82) is 0 Å². The Morgan fingerprint density at radius 2 is 1.91 bits per heavy atom. The van der Waals surface area contributed by atoms with Crippen LogP contribution in [-0.4, -0.2) is 66.7 Å². The second kappa shape index (κ2) is 10.0. The van der Waals surface area contributed by atoms with Gasteiger partial charge in [0.05, 0.1) is 19.1 Å². The number of thiophene rings is 1. The van der Waals surface area contributed by atoms with Gasteiger partial charge in [0.25, 0.3) is 0 Å². The zero-order chi connectivity index (χ0) is 23.5. The van der Waals surface area contributed by atoms with Gasteiger partial charge in [-0.2, -0.15) is 0 Å². The lowest BCUT2D eigenvalue weighted by atomic mass is 10.0. The molecule has 0 saturated carbocycles. The summed E-state index contributed by atoms with van der Waals surface area (Å²) in [6.07, 6.45) is 1.52. The Morgan fingerprint density at radius 3 is 2.58 bits per heavy atom. The zero-order valence-corrected chi connectivity index (χ0v) is 20.3. The first-order valence-corrected chi connectivity index (χ1v) is 11.9. The lowest BCUT2D eigenvalue weighted by Crippen LogP contribution is -2.49. The number of hydrogen-bond acceptors (Lipinski definition) is 9. The van der Waals surface area contributed by atoms with Crippen LogP contribution in [0, 0.1) is 6.92 Å². The lowest BCUT2D eigenvalue weighted by Gasteiger charge is -2.39. The summed E-state index contributed by atoms with van der Waals surface area (Å²) in [4.78, 5) is 39.5. The van der Waals surface area contributed by atoms with Crippen molar-refractivity contribution in [3.05, 3.63) is 51.6 Å².